The summed E-state index contributed by atoms with van der Waals surface area (Å²) in [6.45, 7) is 66.8. The minimum atomic E-state index is -3.81. The van der Waals surface area contributed by atoms with E-state index in [4.69, 9.17) is 0 Å². The van der Waals surface area contributed by atoms with Crippen LogP contribution in [-0.2, 0) is 21.7 Å². The summed E-state index contributed by atoms with van der Waals surface area (Å²) < 4.78 is 0. The van der Waals surface area contributed by atoms with E-state index >= 15 is 0 Å². The van der Waals surface area contributed by atoms with E-state index in [2.05, 4.69) is 358 Å². The van der Waals surface area contributed by atoms with E-state index in [0.717, 1.165) is 0 Å². The SMILES string of the molecule is Cc1c(C)c(C)[c-]([Si](c2cc(-c3cc(C(C)C)cc(C(C)C)c3)cc(-c3cc(C(C)C)cc(C(C)C)c3)c2)(c2cc(-c3cc(C(C)C)cc(C(C)C)c3)cc(-c3cc(C(C)C)cc(C(C)C)c3)c2)c2cc(-c3cc(C(C)C)cc(C(C)C)c3)cc(-c3cc(C(C)C)cc(C(C)C)c3)c2)c1C.[Cl-].[Cl-].[Cl-].[Ti+4]. The maximum absolute atomic E-state index is 3.81. The molecule has 0 saturated heterocycles. The maximum atomic E-state index is 2.74. The second-order valence-electron chi connectivity index (χ2n) is 34.2. The molecule has 0 spiro atoms. The third-order valence-electron chi connectivity index (χ3n) is 22.8. The summed E-state index contributed by atoms with van der Waals surface area (Å²) in [6, 6.07) is 69.7. The minimum Gasteiger partial charge on any atom is -1.00 e. The molecule has 0 N–H and O–H groups in total. The Labute approximate surface area is 666 Å². The smallest absolute Gasteiger partial charge is 1.00 e. The molecule has 0 fully saturated rings. The molecule has 10 rings (SSSR count). The predicted octanol–water partition coefficient (Wildman–Crippen LogP) is 18.5. The standard InChI is InChI=1S/C99H123Si.3ClH.Ti/c1-56(2)72-29-73(57(3)4)36-84(35-72)90-47-91(85-37-74(58(5)6)30-75(38-85)59(7)8)51-96(50-90)100(99-70(27)68(25)69(26)71(99)28,97-52-92(86-39-76(60(9)10)31-77(40-86)61(11)12)48-93(53-97)87-41-78(62(13)14)32-79(42-87)63(15)16)98-54-94(88-43-80(64(17)18)33-81(44-88)65(19)20)49-95(55-98)89-45-82(66(21)22)34-83(46-89)67(23)24;;;;/h29-67H,1-28H3;3*1H;/q-1;;;;+4/p-3. The van der Waals surface area contributed by atoms with Gasteiger partial charge in [0.05, 0.1) is 0 Å². The van der Waals surface area contributed by atoms with Crippen molar-refractivity contribution < 1.29 is 58.9 Å². The van der Waals surface area contributed by atoms with Crippen molar-refractivity contribution in [2.24, 2.45) is 0 Å². The molecule has 0 unspecified atom stereocenters. The van der Waals surface area contributed by atoms with Gasteiger partial charge in [-0.25, -0.2) is 0 Å². The molecule has 0 saturated carbocycles. The summed E-state index contributed by atoms with van der Waals surface area (Å²) >= 11 is 0. The Kier molecular flexibility index (Phi) is 29.7. The molecular formula is C99H123Cl3SiTi. The molecule has 0 aromatic heterocycles. The van der Waals surface area contributed by atoms with E-state index in [9.17, 15) is 0 Å². The van der Waals surface area contributed by atoms with Gasteiger partial charge >= 0.3 is 21.7 Å². The van der Waals surface area contributed by atoms with Crippen molar-refractivity contribution in [1.29, 1.82) is 0 Å². The van der Waals surface area contributed by atoms with Crippen molar-refractivity contribution in [3.05, 3.63) is 253 Å². The number of benzene rings is 9. The van der Waals surface area contributed by atoms with Crippen molar-refractivity contribution >= 4 is 28.8 Å². The van der Waals surface area contributed by atoms with Gasteiger partial charge in [0.25, 0.3) is 0 Å². The van der Waals surface area contributed by atoms with Crippen LogP contribution in [0.1, 0.15) is 326 Å². The number of rotatable bonds is 22. The molecule has 0 aliphatic carbocycles. The topological polar surface area (TPSA) is 0 Å². The summed E-state index contributed by atoms with van der Waals surface area (Å²) in [5.74, 6) is 4.16. The molecular weight excluding hydrogens is 1370 g/mol. The van der Waals surface area contributed by atoms with Gasteiger partial charge in [-0.05, 0) is 223 Å². The van der Waals surface area contributed by atoms with Gasteiger partial charge in [-0.1, -0.05) is 355 Å². The van der Waals surface area contributed by atoms with Gasteiger partial charge in [0, 0.05) is 0 Å². The van der Waals surface area contributed by atoms with Gasteiger partial charge in [0.1, 0.15) is 8.07 Å². The summed E-state index contributed by atoms with van der Waals surface area (Å²) in [4.78, 5) is 0. The summed E-state index contributed by atoms with van der Waals surface area (Å²) in [6.07, 6.45) is 0. The Morgan fingerprint density at radius 1 is 0.183 bits per heavy atom. The number of hydrogen-bond donors (Lipinski definition) is 0. The first-order valence-electron chi connectivity index (χ1n) is 38.7. The van der Waals surface area contributed by atoms with E-state index in [1.54, 1.807) is 0 Å². The van der Waals surface area contributed by atoms with Gasteiger partial charge < -0.3 is 37.2 Å². The van der Waals surface area contributed by atoms with Gasteiger partial charge in [0.2, 0.25) is 0 Å². The molecule has 0 nitrogen and oxygen atoms in total. The molecule has 0 heterocycles. The summed E-state index contributed by atoms with van der Waals surface area (Å²) in [5.41, 5.74) is 37.5. The third kappa shape index (κ3) is 18.3. The number of halogens is 3. The second kappa shape index (κ2) is 35.4. The van der Waals surface area contributed by atoms with E-state index in [0.29, 0.717) is 71.0 Å². The zero-order chi connectivity index (χ0) is 73.0. The second-order valence-corrected chi connectivity index (χ2v) is 37.9. The van der Waals surface area contributed by atoms with E-state index < -0.39 is 8.07 Å². The maximum Gasteiger partial charge on any atom is 4.00 e. The van der Waals surface area contributed by atoms with Crippen molar-refractivity contribution in [3.8, 4) is 66.8 Å². The fourth-order valence-corrected chi connectivity index (χ4v) is 20.9. The van der Waals surface area contributed by atoms with Crippen LogP contribution in [0.25, 0.3) is 66.8 Å². The molecule has 0 amide bonds. The molecule has 104 heavy (non-hydrogen) atoms. The molecule has 0 radical (unpaired) electrons. The van der Waals surface area contributed by atoms with Crippen LogP contribution in [0.15, 0.2) is 164 Å². The average molecular weight is 1500 g/mol. The zero-order valence-corrected chi connectivity index (χ0v) is 73.5. The van der Waals surface area contributed by atoms with Gasteiger partial charge in [-0.15, -0.1) is 5.19 Å². The molecule has 10 aromatic carbocycles. The molecule has 0 bridgehead atoms. The predicted molar refractivity (Wildman–Crippen MR) is 446 cm³/mol. The molecule has 0 aliphatic rings. The van der Waals surface area contributed by atoms with Crippen LogP contribution in [0, 0.1) is 27.7 Å². The van der Waals surface area contributed by atoms with Crippen molar-refractivity contribution in [2.75, 3.05) is 0 Å². The van der Waals surface area contributed by atoms with Crippen LogP contribution in [0.3, 0.4) is 0 Å². The molecule has 0 aliphatic heterocycles. The van der Waals surface area contributed by atoms with Crippen molar-refractivity contribution in [3.63, 3.8) is 0 Å². The monoisotopic (exact) mass is 1490 g/mol. The first-order valence-corrected chi connectivity index (χ1v) is 40.7. The fourth-order valence-electron chi connectivity index (χ4n) is 15.3. The number of hydrogen-bond acceptors (Lipinski definition) is 0. The Balaban J connectivity index is 0.00000424. The average Bonchev–Trinajstić information content (AvgIpc) is 1.25. The first kappa shape index (κ1) is 87.0. The Hall–Kier alpha value is -5.87. The first-order chi connectivity index (χ1) is 47.0. The van der Waals surface area contributed by atoms with E-state index in [-0.39, 0.29) is 58.9 Å². The van der Waals surface area contributed by atoms with E-state index in [1.165, 1.54) is 177 Å². The van der Waals surface area contributed by atoms with Gasteiger partial charge in [0.15, 0.2) is 0 Å². The quantitative estimate of drug-likeness (QED) is 0.0360. The molecule has 0 atom stereocenters. The molecule has 548 valence electrons. The van der Waals surface area contributed by atoms with Crippen LogP contribution >= 0.6 is 0 Å². The van der Waals surface area contributed by atoms with Crippen molar-refractivity contribution in [2.45, 2.75) is 265 Å². The minimum absolute atomic E-state index is 0. The summed E-state index contributed by atoms with van der Waals surface area (Å²) in [5, 5.41) is 5.71. The van der Waals surface area contributed by atoms with Crippen molar-refractivity contribution in [1.82, 2.24) is 0 Å². The van der Waals surface area contributed by atoms with Crippen LogP contribution in [-0.4, -0.2) is 8.07 Å². The largest absolute Gasteiger partial charge is 4.00 e. The van der Waals surface area contributed by atoms with Gasteiger partial charge in [-0.3, -0.25) is 0 Å². The Morgan fingerprint density at radius 3 is 0.413 bits per heavy atom. The third-order valence-corrected chi connectivity index (χ3v) is 27.7. The Bertz CT molecular complexity index is 3780. The normalized spacial score (nSPS) is 12.0. The zero-order valence-electron chi connectivity index (χ0n) is 68.7. The Morgan fingerprint density at radius 2 is 0.298 bits per heavy atom. The molecule has 5 heteroatoms. The van der Waals surface area contributed by atoms with Crippen LogP contribution < -0.4 is 58.0 Å². The van der Waals surface area contributed by atoms with Crippen LogP contribution in [0.4, 0.5) is 0 Å². The van der Waals surface area contributed by atoms with E-state index in [1.807, 2.05) is 0 Å². The van der Waals surface area contributed by atoms with Crippen LogP contribution in [0.5, 0.6) is 0 Å². The molecule has 10 aromatic rings. The van der Waals surface area contributed by atoms with Gasteiger partial charge in [-0.2, -0.15) is 22.3 Å². The fraction of sp³-hybridized carbons (Fsp3) is 0.404. The summed E-state index contributed by atoms with van der Waals surface area (Å²) in [7, 11) is -3.81. The van der Waals surface area contributed by atoms with Crippen LogP contribution in [0.2, 0.25) is 0 Å².